The van der Waals surface area contributed by atoms with E-state index in [1.54, 1.807) is 13.2 Å². The monoisotopic (exact) mass is 354 g/mol. The van der Waals surface area contributed by atoms with Crippen molar-refractivity contribution < 1.29 is 19.0 Å². The number of carbonyl (C=O) groups excluding carboxylic acids is 1. The second-order valence-electron chi connectivity index (χ2n) is 6.55. The Hall–Kier alpha value is -2.89. The Morgan fingerprint density at radius 1 is 1.08 bits per heavy atom. The first kappa shape index (κ1) is 16.6. The lowest BCUT2D eigenvalue weighted by Gasteiger charge is -2.21. The molecule has 1 fully saturated rings. The Morgan fingerprint density at radius 2 is 1.81 bits per heavy atom. The van der Waals surface area contributed by atoms with Crippen LogP contribution in [0.4, 0.5) is 10.5 Å². The summed E-state index contributed by atoms with van der Waals surface area (Å²) in [6.07, 6.45) is 2.25. The van der Waals surface area contributed by atoms with E-state index < -0.39 is 0 Å². The number of nitrogens with one attached hydrogen (secondary N) is 2. The van der Waals surface area contributed by atoms with Gasteiger partial charge in [-0.25, -0.2) is 4.79 Å². The van der Waals surface area contributed by atoms with Crippen molar-refractivity contribution in [3.63, 3.8) is 0 Å². The topological polar surface area (TPSA) is 68.8 Å². The molecule has 0 bridgehead atoms. The fraction of sp³-hybridized carbons (Fsp3) is 0.350. The molecule has 1 aliphatic carbocycles. The van der Waals surface area contributed by atoms with Crippen LogP contribution in [0.5, 0.6) is 17.2 Å². The van der Waals surface area contributed by atoms with E-state index in [4.69, 9.17) is 14.2 Å². The van der Waals surface area contributed by atoms with Gasteiger partial charge in [-0.2, -0.15) is 0 Å². The highest BCUT2D eigenvalue weighted by Gasteiger charge is 2.33. The average Bonchev–Trinajstić information content (AvgIpc) is 3.51. The predicted octanol–water partition coefficient (Wildman–Crippen LogP) is 3.74. The molecule has 1 heterocycles. The van der Waals surface area contributed by atoms with Crippen LogP contribution < -0.4 is 24.8 Å². The summed E-state index contributed by atoms with van der Waals surface area (Å²) < 4.78 is 16.3. The number of ether oxygens (including phenoxy) is 3. The van der Waals surface area contributed by atoms with E-state index in [-0.39, 0.29) is 12.1 Å². The maximum atomic E-state index is 12.5. The van der Waals surface area contributed by atoms with E-state index in [1.165, 1.54) is 0 Å². The van der Waals surface area contributed by atoms with Crippen LogP contribution in [0.1, 0.15) is 24.4 Å². The van der Waals surface area contributed by atoms with Crippen molar-refractivity contribution in [3.8, 4) is 17.2 Å². The summed E-state index contributed by atoms with van der Waals surface area (Å²) in [7, 11) is 1.65. The van der Waals surface area contributed by atoms with Gasteiger partial charge in [0.25, 0.3) is 0 Å². The number of methoxy groups -OCH3 is 1. The third-order valence-corrected chi connectivity index (χ3v) is 4.65. The molecule has 136 valence electrons. The highest BCUT2D eigenvalue weighted by Crippen LogP contribution is 2.41. The second kappa shape index (κ2) is 7.15. The smallest absolute Gasteiger partial charge is 0.319 e. The molecule has 2 N–H and O–H groups in total. The summed E-state index contributed by atoms with van der Waals surface area (Å²) in [5.41, 5.74) is 1.77. The van der Waals surface area contributed by atoms with E-state index in [2.05, 4.69) is 10.6 Å². The van der Waals surface area contributed by atoms with Crippen molar-refractivity contribution in [1.29, 1.82) is 0 Å². The maximum Gasteiger partial charge on any atom is 0.319 e. The third kappa shape index (κ3) is 3.69. The second-order valence-corrected chi connectivity index (χ2v) is 6.55. The molecule has 2 aromatic carbocycles. The Bertz CT molecular complexity index is 787. The molecule has 1 aliphatic heterocycles. The number of rotatable bonds is 5. The van der Waals surface area contributed by atoms with Crippen LogP contribution in [-0.4, -0.2) is 26.4 Å². The van der Waals surface area contributed by atoms with Crippen LogP contribution in [0.25, 0.3) is 0 Å². The van der Waals surface area contributed by atoms with Gasteiger partial charge in [0.1, 0.15) is 19.0 Å². The molecule has 0 radical (unpaired) electrons. The van der Waals surface area contributed by atoms with Crippen LogP contribution in [-0.2, 0) is 0 Å². The summed E-state index contributed by atoms with van der Waals surface area (Å²) in [4.78, 5) is 12.5. The van der Waals surface area contributed by atoms with Crippen LogP contribution in [0.3, 0.4) is 0 Å². The van der Waals surface area contributed by atoms with Crippen molar-refractivity contribution in [2.24, 2.45) is 5.92 Å². The molecule has 2 aromatic rings. The molecule has 1 unspecified atom stereocenters. The van der Waals surface area contributed by atoms with Gasteiger partial charge in [-0.05, 0) is 48.6 Å². The Balaban J connectivity index is 1.43. The fourth-order valence-corrected chi connectivity index (χ4v) is 3.14. The number of urea groups is 1. The standard InChI is InChI=1S/C20H22N2O4/c1-24-16-7-4-14(5-8-16)19(13-2-3-13)22-20(23)21-15-6-9-17-18(12-15)26-11-10-25-17/h4-9,12-13,19H,2-3,10-11H2,1H3,(H2,21,22,23). The number of hydrogen-bond donors (Lipinski definition) is 2. The molecule has 0 saturated heterocycles. The van der Waals surface area contributed by atoms with Crippen molar-refractivity contribution >= 4 is 11.7 Å². The zero-order chi connectivity index (χ0) is 17.9. The Kier molecular flexibility index (Phi) is 4.56. The van der Waals surface area contributed by atoms with Gasteiger partial charge in [0.05, 0.1) is 13.2 Å². The SMILES string of the molecule is COc1ccc(C(NC(=O)Nc2ccc3c(c2)OCCO3)C2CC2)cc1. The molecular formula is C20H22N2O4. The number of fused-ring (bicyclic) bond motifs is 1. The summed E-state index contributed by atoms with van der Waals surface area (Å²) >= 11 is 0. The van der Waals surface area contributed by atoms with Gasteiger partial charge in [-0.3, -0.25) is 0 Å². The first-order valence-electron chi connectivity index (χ1n) is 8.84. The minimum Gasteiger partial charge on any atom is -0.497 e. The van der Waals surface area contributed by atoms with Crippen molar-refractivity contribution in [2.45, 2.75) is 18.9 Å². The first-order chi connectivity index (χ1) is 12.7. The van der Waals surface area contributed by atoms with E-state index in [9.17, 15) is 4.79 Å². The zero-order valence-electron chi connectivity index (χ0n) is 14.7. The van der Waals surface area contributed by atoms with Gasteiger partial charge >= 0.3 is 6.03 Å². The lowest BCUT2D eigenvalue weighted by molar-refractivity contribution is 0.171. The Labute approximate surface area is 152 Å². The van der Waals surface area contributed by atoms with Gasteiger partial charge < -0.3 is 24.8 Å². The molecule has 0 aromatic heterocycles. The minimum atomic E-state index is -0.227. The molecule has 2 aliphatic rings. The molecule has 2 amide bonds. The summed E-state index contributed by atoms with van der Waals surface area (Å²) in [5.74, 6) is 2.65. The predicted molar refractivity (Wildman–Crippen MR) is 98.0 cm³/mol. The first-order valence-corrected chi connectivity index (χ1v) is 8.84. The van der Waals surface area contributed by atoms with Gasteiger partial charge in [0.2, 0.25) is 0 Å². The summed E-state index contributed by atoms with van der Waals surface area (Å²) in [6.45, 7) is 1.06. The van der Waals surface area contributed by atoms with E-state index in [0.717, 1.165) is 24.2 Å². The van der Waals surface area contributed by atoms with Crippen LogP contribution in [0.15, 0.2) is 42.5 Å². The third-order valence-electron chi connectivity index (χ3n) is 4.65. The van der Waals surface area contributed by atoms with Gasteiger partial charge in [-0.1, -0.05) is 12.1 Å². The van der Waals surface area contributed by atoms with Gasteiger partial charge in [-0.15, -0.1) is 0 Å². The van der Waals surface area contributed by atoms with Crippen molar-refractivity contribution in [1.82, 2.24) is 5.32 Å². The van der Waals surface area contributed by atoms with Crippen molar-refractivity contribution in [3.05, 3.63) is 48.0 Å². The van der Waals surface area contributed by atoms with Gasteiger partial charge in [0.15, 0.2) is 11.5 Å². The molecule has 26 heavy (non-hydrogen) atoms. The number of hydrogen-bond acceptors (Lipinski definition) is 4. The van der Waals surface area contributed by atoms with Crippen LogP contribution >= 0.6 is 0 Å². The summed E-state index contributed by atoms with van der Waals surface area (Å²) in [5, 5.41) is 5.99. The molecule has 6 heteroatoms. The normalized spacial score (nSPS) is 16.5. The molecule has 0 spiro atoms. The van der Waals surface area contributed by atoms with Gasteiger partial charge in [0, 0.05) is 11.8 Å². The number of amides is 2. The molecule has 4 rings (SSSR count). The molecule has 1 saturated carbocycles. The highest BCUT2D eigenvalue weighted by molar-refractivity contribution is 5.90. The van der Waals surface area contributed by atoms with E-state index in [0.29, 0.717) is 36.3 Å². The lowest BCUT2D eigenvalue weighted by atomic mass is 10.0. The molecule has 6 nitrogen and oxygen atoms in total. The number of benzene rings is 2. The summed E-state index contributed by atoms with van der Waals surface area (Å²) in [6, 6.07) is 13.0. The van der Waals surface area contributed by atoms with E-state index >= 15 is 0 Å². The van der Waals surface area contributed by atoms with Crippen LogP contribution in [0.2, 0.25) is 0 Å². The average molecular weight is 354 g/mol. The number of anilines is 1. The largest absolute Gasteiger partial charge is 0.497 e. The Morgan fingerprint density at radius 3 is 2.50 bits per heavy atom. The van der Waals surface area contributed by atoms with Crippen LogP contribution in [0, 0.1) is 5.92 Å². The molecular weight excluding hydrogens is 332 g/mol. The highest BCUT2D eigenvalue weighted by atomic mass is 16.6. The van der Waals surface area contributed by atoms with E-state index in [1.807, 2.05) is 36.4 Å². The quantitative estimate of drug-likeness (QED) is 0.858. The van der Waals surface area contributed by atoms with Crippen molar-refractivity contribution in [2.75, 3.05) is 25.6 Å². The zero-order valence-corrected chi connectivity index (χ0v) is 14.7. The minimum absolute atomic E-state index is 0.00174. The lowest BCUT2D eigenvalue weighted by Crippen LogP contribution is -2.33. The number of carbonyl (C=O) groups is 1. The fourth-order valence-electron chi connectivity index (χ4n) is 3.14. The maximum absolute atomic E-state index is 12.5. The molecule has 1 atom stereocenters.